The molecule has 1 aliphatic rings. The number of hydrogen-bond donors (Lipinski definition) is 0. The zero-order valence-electron chi connectivity index (χ0n) is 10.9. The van der Waals surface area contributed by atoms with Gasteiger partial charge in [-0.05, 0) is 0 Å². The van der Waals surface area contributed by atoms with Crippen molar-refractivity contribution in [2.75, 3.05) is 0 Å². The van der Waals surface area contributed by atoms with Crippen LogP contribution in [0.2, 0.25) is 18.5 Å². The molecule has 1 radical (unpaired) electrons. The third-order valence-electron chi connectivity index (χ3n) is 2.39. The molecule has 17 heavy (non-hydrogen) atoms. The van der Waals surface area contributed by atoms with Gasteiger partial charge >= 0.3 is 76.3 Å². The van der Waals surface area contributed by atoms with Gasteiger partial charge in [0.05, 0.1) is 0 Å². The number of allylic oxidation sites excluding steroid dienone is 4. The van der Waals surface area contributed by atoms with Crippen LogP contribution in [0.5, 0.6) is 0 Å². The van der Waals surface area contributed by atoms with E-state index in [0.29, 0.717) is 0 Å². The minimum Gasteiger partial charge on any atom is -0.0767 e. The van der Waals surface area contributed by atoms with E-state index in [-0.39, 0.29) is 0 Å². The summed E-state index contributed by atoms with van der Waals surface area (Å²) in [4.78, 5) is 0. The van der Waals surface area contributed by atoms with E-state index in [2.05, 4.69) is 0 Å². The van der Waals surface area contributed by atoms with Gasteiger partial charge in [-0.2, -0.15) is 0 Å². The molecule has 0 aromatic carbocycles. The molecule has 4 heteroatoms. The molecule has 0 saturated carbocycles. The smallest absolute Gasteiger partial charge is 0.00506 e. The van der Waals surface area contributed by atoms with Crippen LogP contribution in [0.4, 0.5) is 0 Å². The zero-order valence-corrected chi connectivity index (χ0v) is 14.9. The second kappa shape index (κ2) is 3.41. The van der Waals surface area contributed by atoms with E-state index in [1.54, 1.807) is 0 Å². The van der Waals surface area contributed by atoms with Crippen molar-refractivity contribution >= 4 is 17.0 Å². The van der Waals surface area contributed by atoms with Crippen molar-refractivity contribution in [3.8, 4) is 0 Å². The first-order valence-electron chi connectivity index (χ1n) is 5.78. The van der Waals surface area contributed by atoms with Crippen molar-refractivity contribution in [3.05, 3.63) is 55.3 Å². The summed E-state index contributed by atoms with van der Waals surface area (Å²) in [5.74, 6) is 0. The van der Waals surface area contributed by atoms with Gasteiger partial charge in [-0.1, -0.05) is 24.3 Å². The van der Waals surface area contributed by atoms with E-state index in [1.807, 2.05) is 76.3 Å². The van der Waals surface area contributed by atoms with Crippen molar-refractivity contribution in [1.29, 1.82) is 0 Å². The third kappa shape index (κ3) is 5.59. The van der Waals surface area contributed by atoms with Crippen LogP contribution in [0, 0.1) is 6.42 Å². The molecule has 96 valence electrons. The first-order chi connectivity index (χ1) is 7.30. The Balaban J connectivity index is 0.000000239. The molecule has 2 rings (SSSR count). The molecule has 0 amide bonds. The number of nitrogens with zero attached hydrogens (tertiary/aromatic N) is 1. The van der Waals surface area contributed by atoms with Gasteiger partial charge in [0.1, 0.15) is 0 Å². The van der Waals surface area contributed by atoms with Gasteiger partial charge < -0.3 is 0 Å². The van der Waals surface area contributed by atoms with Crippen LogP contribution in [0.3, 0.4) is 0 Å². The Morgan fingerprint density at radius 1 is 0.765 bits per heavy atom. The molecule has 0 aliphatic heterocycles. The molecule has 1 heterocycles. The Morgan fingerprint density at radius 3 is 1.35 bits per heavy atom. The molecule has 1 aliphatic carbocycles. The summed E-state index contributed by atoms with van der Waals surface area (Å²) in [6.07, 6.45) is 13.9. The summed E-state index contributed by atoms with van der Waals surface area (Å²) in [6.45, 7) is 0. The maximum atomic E-state index is 6.69. The molecule has 0 N–H and O–H groups in total. The number of hydrogen-bond acceptors (Lipinski definition) is 0. The van der Waals surface area contributed by atoms with Gasteiger partial charge in [-0.3, -0.25) is 0 Å². The second-order valence-corrected chi connectivity index (χ2v) is 60.0. The van der Waals surface area contributed by atoms with E-state index < -0.39 is 13.7 Å². The van der Waals surface area contributed by atoms with E-state index in [4.69, 9.17) is 17.0 Å². The Morgan fingerprint density at radius 2 is 1.18 bits per heavy atom. The van der Waals surface area contributed by atoms with E-state index >= 15 is 0 Å². The molecule has 0 saturated heterocycles. The van der Waals surface area contributed by atoms with Crippen molar-refractivity contribution in [3.63, 3.8) is 0 Å². The summed E-state index contributed by atoms with van der Waals surface area (Å²) in [7, 11) is 13.4. The van der Waals surface area contributed by atoms with Gasteiger partial charge in [-0.15, -0.1) is 0 Å². The maximum Gasteiger partial charge on any atom is 0.00506 e. The van der Waals surface area contributed by atoms with Crippen molar-refractivity contribution in [2.24, 2.45) is 0 Å². The molecule has 1 nitrogen and oxygen atoms in total. The Bertz CT molecular complexity index is 439. The fourth-order valence-electron chi connectivity index (χ4n) is 1.36. The van der Waals surface area contributed by atoms with Crippen LogP contribution in [-0.2, 0) is 13.7 Å². The normalized spacial score (nSPS) is 20.7. The third-order valence-corrected chi connectivity index (χ3v) is 11.5. The summed E-state index contributed by atoms with van der Waals surface area (Å²) in [5, 5.41) is 0. The monoisotopic (exact) mass is 351 g/mol. The molecule has 0 fully saturated rings. The Hall–Kier alpha value is 0.223. The number of rotatable bonds is 1. The zero-order chi connectivity index (χ0) is 13.3. The van der Waals surface area contributed by atoms with Crippen molar-refractivity contribution in [1.82, 2.24) is 2.51 Å². The molecule has 0 atom stereocenters. The minimum absolute atomic E-state index is 1.93. The average molecular weight is 353 g/mol. The Kier molecular flexibility index (Phi) is 3.06. The second-order valence-electron chi connectivity index (χ2n) is 7.70. The SMILES string of the molecule is [CH3][Zr]([CH3])([CH3])([CH3])([Cl])([Cl])[n]1cccc1.[CH]1C=CC=C1. The Labute approximate surface area is 106 Å². The quantitative estimate of drug-likeness (QED) is 0.599. The maximum absolute atomic E-state index is 6.69. The van der Waals surface area contributed by atoms with Crippen LogP contribution in [0.15, 0.2) is 48.8 Å². The average Bonchev–Trinajstić information content (AvgIpc) is 2.77. The van der Waals surface area contributed by atoms with Crippen LogP contribution in [0.25, 0.3) is 0 Å². The first-order valence-corrected chi connectivity index (χ1v) is 23.0. The van der Waals surface area contributed by atoms with Gasteiger partial charge in [0.25, 0.3) is 0 Å². The fraction of sp³-hybridized carbons (Fsp3) is 0.308. The molecule has 0 bridgehead atoms. The minimum atomic E-state index is -4.52. The standard InChI is InChI=1S/C5H5.C4H4N.4CH3.2ClH.Zr/c2*1-2-4-5-3-1;;;;;;;/h1-5H;1-4H;4*1H3;2*1H;/q;-1;;;;;;;+3/p-2. The molecular weight excluding hydrogens is 332 g/mol. The van der Waals surface area contributed by atoms with Gasteiger partial charge in [0.15, 0.2) is 0 Å². The predicted molar refractivity (Wildman–Crippen MR) is 77.6 cm³/mol. The van der Waals surface area contributed by atoms with E-state index in [1.165, 1.54) is 0 Å². The van der Waals surface area contributed by atoms with Crippen molar-refractivity contribution < 1.29 is 13.7 Å². The van der Waals surface area contributed by atoms with Gasteiger partial charge in [0.2, 0.25) is 0 Å². The van der Waals surface area contributed by atoms with Crippen molar-refractivity contribution in [2.45, 2.75) is 18.5 Å². The van der Waals surface area contributed by atoms with Crippen LogP contribution >= 0.6 is 17.0 Å². The summed E-state index contributed by atoms with van der Waals surface area (Å²) in [5.41, 5.74) is 0. The van der Waals surface area contributed by atoms with Crippen LogP contribution < -0.4 is 0 Å². The van der Waals surface area contributed by atoms with E-state index in [9.17, 15) is 0 Å². The van der Waals surface area contributed by atoms with Crippen LogP contribution in [-0.4, -0.2) is 2.51 Å². The molecule has 0 unspecified atom stereocenters. The van der Waals surface area contributed by atoms with Gasteiger partial charge in [0, 0.05) is 6.42 Å². The molecular formula is C13H21Cl2NZr. The van der Waals surface area contributed by atoms with Gasteiger partial charge in [-0.25, -0.2) is 0 Å². The first kappa shape index (κ1) is 15.3. The topological polar surface area (TPSA) is 4.93 Å². The largest absolute Gasteiger partial charge is 0.0767 e. The van der Waals surface area contributed by atoms with E-state index in [0.717, 1.165) is 0 Å². The molecule has 1 aromatic rings. The molecule has 1 aromatic heterocycles. The van der Waals surface area contributed by atoms with Crippen LogP contribution in [0.1, 0.15) is 0 Å². The number of aromatic nitrogens is 1. The summed E-state index contributed by atoms with van der Waals surface area (Å²) in [6, 6.07) is 3.88. The number of halogens is 2. The molecule has 0 spiro atoms. The summed E-state index contributed by atoms with van der Waals surface area (Å²) >= 11 is -4.52. The fourth-order valence-corrected chi connectivity index (χ4v) is 6.61. The summed E-state index contributed by atoms with van der Waals surface area (Å²) < 4.78 is 9.86. The predicted octanol–water partition coefficient (Wildman–Crippen LogP) is 5.83.